The maximum absolute atomic E-state index is 11.5. The number of carbonyl (C=O) groups excluding carboxylic acids is 1. The van der Waals surface area contributed by atoms with Gasteiger partial charge < -0.3 is 62.2 Å². The molecule has 0 aromatic rings. The molecule has 0 aromatic heterocycles. The van der Waals surface area contributed by atoms with Crippen molar-refractivity contribution >= 4 is 6.09 Å². The van der Waals surface area contributed by atoms with Crippen LogP contribution in [-0.4, -0.2) is 164 Å². The van der Waals surface area contributed by atoms with Crippen molar-refractivity contribution in [1.82, 2.24) is 5.32 Å². The second-order valence-corrected chi connectivity index (χ2v) is 9.75. The van der Waals surface area contributed by atoms with Gasteiger partial charge in [0, 0.05) is 13.2 Å². The van der Waals surface area contributed by atoms with Crippen molar-refractivity contribution in [3.05, 3.63) is 0 Å². The van der Waals surface area contributed by atoms with Crippen LogP contribution in [0.5, 0.6) is 0 Å². The third-order valence-corrected chi connectivity index (χ3v) is 4.84. The summed E-state index contributed by atoms with van der Waals surface area (Å²) in [7, 11) is 0. The number of amides is 1. The maximum atomic E-state index is 11.5. The van der Waals surface area contributed by atoms with Gasteiger partial charge in [-0.15, -0.1) is 0 Å². The summed E-state index contributed by atoms with van der Waals surface area (Å²) in [6.45, 7) is 19.2. The van der Waals surface area contributed by atoms with Crippen molar-refractivity contribution in [3.63, 3.8) is 0 Å². The van der Waals surface area contributed by atoms with E-state index in [1.54, 1.807) is 0 Å². The van der Waals surface area contributed by atoms with Crippen molar-refractivity contribution < 1.29 is 61.6 Å². The minimum Gasteiger partial charge on any atom is -0.444 e. The monoisotopic (exact) mass is 629 g/mol. The molecule has 1 N–H and O–H groups in total. The van der Waals surface area contributed by atoms with E-state index in [0.717, 1.165) is 0 Å². The van der Waals surface area contributed by atoms with E-state index in [1.807, 2.05) is 27.7 Å². The highest BCUT2D eigenvalue weighted by Crippen LogP contribution is 2.06. The average Bonchev–Trinajstić information content (AvgIpc) is 2.96. The van der Waals surface area contributed by atoms with Crippen molar-refractivity contribution in [2.24, 2.45) is 0 Å². The summed E-state index contributed by atoms with van der Waals surface area (Å²) < 4.78 is 64.6. The van der Waals surface area contributed by atoms with Gasteiger partial charge in [0.1, 0.15) is 5.60 Å². The highest BCUT2D eigenvalue weighted by Gasteiger charge is 2.15. The van der Waals surface area contributed by atoms with Crippen LogP contribution in [0.1, 0.15) is 27.7 Å². The Kier molecular flexibility index (Phi) is 32.8. The van der Waals surface area contributed by atoms with E-state index < -0.39 is 11.7 Å². The highest BCUT2D eigenvalue weighted by atomic mass is 16.6. The van der Waals surface area contributed by atoms with Gasteiger partial charge >= 0.3 is 6.09 Å². The molecule has 1 amide bonds. The topological polar surface area (TPSA) is 140 Å². The zero-order valence-electron chi connectivity index (χ0n) is 27.1. The van der Waals surface area contributed by atoms with Crippen LogP contribution in [0.2, 0.25) is 0 Å². The minimum atomic E-state index is -0.509. The number of alkyl carbamates (subject to hydrolysis) is 1. The van der Waals surface area contributed by atoms with Crippen LogP contribution in [-0.2, 0) is 56.8 Å². The molecule has 0 bridgehead atoms. The van der Waals surface area contributed by atoms with Crippen LogP contribution in [0, 0.1) is 0 Å². The second kappa shape index (κ2) is 33.7. The molecule has 0 aliphatic heterocycles. The van der Waals surface area contributed by atoms with Gasteiger partial charge in [0.15, 0.2) is 0 Å². The summed E-state index contributed by atoms with van der Waals surface area (Å²) in [5.74, 6) is 0. The van der Waals surface area contributed by atoms with Crippen molar-refractivity contribution in [2.45, 2.75) is 33.3 Å². The number of carbonyl (C=O) groups is 1. The van der Waals surface area contributed by atoms with Crippen molar-refractivity contribution in [3.8, 4) is 0 Å². The molecule has 0 heterocycles. The number of ether oxygens (including phenoxy) is 12. The number of hydrogen-bond donors (Lipinski definition) is 1. The Morgan fingerprint density at radius 3 is 0.884 bits per heavy atom. The van der Waals surface area contributed by atoms with E-state index >= 15 is 0 Å². The quantitative estimate of drug-likeness (QED) is 0.103. The normalized spacial score (nSPS) is 11.7. The summed E-state index contributed by atoms with van der Waals surface area (Å²) in [5.41, 5.74) is -0.509. The van der Waals surface area contributed by atoms with Crippen LogP contribution < -0.4 is 5.32 Å². The fourth-order valence-corrected chi connectivity index (χ4v) is 2.88. The molecule has 0 rings (SSSR count). The van der Waals surface area contributed by atoms with E-state index in [1.165, 1.54) is 0 Å². The van der Waals surface area contributed by atoms with E-state index in [9.17, 15) is 4.79 Å². The average molecular weight is 630 g/mol. The fraction of sp³-hybridized carbons (Fsp3) is 0.966. The summed E-state index contributed by atoms with van der Waals surface area (Å²) in [4.78, 5) is 11.5. The van der Waals surface area contributed by atoms with Gasteiger partial charge in [0.05, 0.1) is 139 Å². The van der Waals surface area contributed by atoms with Crippen LogP contribution in [0.3, 0.4) is 0 Å². The molecule has 0 saturated heterocycles. The first kappa shape index (κ1) is 41.8. The summed E-state index contributed by atoms with van der Waals surface area (Å²) >= 11 is 0. The lowest BCUT2D eigenvalue weighted by atomic mass is 10.2. The molecule has 0 aromatic carbocycles. The number of rotatable bonds is 34. The molecule has 0 radical (unpaired) electrons. The molecule has 0 unspecified atom stereocenters. The SMILES string of the molecule is CCOCCOCCOCCOCCOCCOCCOCCOCCOCCOCCOCCNC(=O)OC(C)(C)C. The van der Waals surface area contributed by atoms with E-state index in [0.29, 0.717) is 152 Å². The standard InChI is InChI=1S/C29H59NO13/c1-5-32-8-9-34-12-13-36-16-17-38-20-21-40-24-25-42-27-26-41-23-22-39-19-18-37-15-14-35-11-10-33-7-6-30-28(31)43-29(2,3)4/h5-27H2,1-4H3,(H,30,31). The van der Waals surface area contributed by atoms with Crippen LogP contribution in [0.4, 0.5) is 4.79 Å². The Morgan fingerprint density at radius 2 is 0.651 bits per heavy atom. The first-order chi connectivity index (χ1) is 21.0. The van der Waals surface area contributed by atoms with Crippen LogP contribution in [0.25, 0.3) is 0 Å². The second-order valence-electron chi connectivity index (χ2n) is 9.75. The Balaban J connectivity index is 3.09. The maximum Gasteiger partial charge on any atom is 0.407 e. The van der Waals surface area contributed by atoms with Gasteiger partial charge in [-0.3, -0.25) is 0 Å². The molecule has 43 heavy (non-hydrogen) atoms. The zero-order chi connectivity index (χ0) is 31.5. The molecule has 258 valence electrons. The van der Waals surface area contributed by atoms with Crippen LogP contribution >= 0.6 is 0 Å². The summed E-state index contributed by atoms with van der Waals surface area (Å²) in [6.07, 6.45) is -0.451. The molecular formula is C29H59NO13. The summed E-state index contributed by atoms with van der Waals surface area (Å²) in [5, 5.41) is 2.63. The molecule has 0 aliphatic rings. The van der Waals surface area contributed by atoms with Crippen molar-refractivity contribution in [2.75, 3.05) is 152 Å². The van der Waals surface area contributed by atoms with Gasteiger partial charge in [0.25, 0.3) is 0 Å². The third-order valence-electron chi connectivity index (χ3n) is 4.84. The molecule has 14 nitrogen and oxygen atoms in total. The van der Waals surface area contributed by atoms with Gasteiger partial charge in [-0.2, -0.15) is 0 Å². The smallest absolute Gasteiger partial charge is 0.407 e. The molecule has 14 heteroatoms. The molecular weight excluding hydrogens is 570 g/mol. The lowest BCUT2D eigenvalue weighted by molar-refractivity contribution is -0.0273. The predicted octanol–water partition coefficient (Wildman–Crippen LogP) is 1.71. The third kappa shape index (κ3) is 38.8. The number of nitrogens with one attached hydrogen (secondary N) is 1. The van der Waals surface area contributed by atoms with E-state index in [-0.39, 0.29) is 0 Å². The van der Waals surface area contributed by atoms with Crippen molar-refractivity contribution in [1.29, 1.82) is 0 Å². The zero-order valence-corrected chi connectivity index (χ0v) is 27.1. The molecule has 0 atom stereocenters. The molecule has 0 saturated carbocycles. The van der Waals surface area contributed by atoms with E-state index in [4.69, 9.17) is 56.8 Å². The Morgan fingerprint density at radius 1 is 0.419 bits per heavy atom. The Hall–Kier alpha value is -1.17. The Labute approximate surface area is 258 Å². The molecule has 0 spiro atoms. The first-order valence-electron chi connectivity index (χ1n) is 15.3. The molecule has 0 fully saturated rings. The Bertz CT molecular complexity index is 567. The largest absolute Gasteiger partial charge is 0.444 e. The highest BCUT2D eigenvalue weighted by molar-refractivity contribution is 5.67. The fourth-order valence-electron chi connectivity index (χ4n) is 2.88. The lowest BCUT2D eigenvalue weighted by Crippen LogP contribution is -2.34. The van der Waals surface area contributed by atoms with Gasteiger partial charge in [-0.25, -0.2) is 4.79 Å². The lowest BCUT2D eigenvalue weighted by Gasteiger charge is -2.19. The minimum absolute atomic E-state index is 0.384. The van der Waals surface area contributed by atoms with E-state index in [2.05, 4.69) is 5.32 Å². The first-order valence-corrected chi connectivity index (χ1v) is 15.3. The van der Waals surface area contributed by atoms with Gasteiger partial charge in [0.2, 0.25) is 0 Å². The molecule has 0 aliphatic carbocycles. The predicted molar refractivity (Wildman–Crippen MR) is 159 cm³/mol. The van der Waals surface area contributed by atoms with Crippen LogP contribution in [0.15, 0.2) is 0 Å². The summed E-state index contributed by atoms with van der Waals surface area (Å²) in [6, 6.07) is 0. The van der Waals surface area contributed by atoms with Gasteiger partial charge in [-0.1, -0.05) is 0 Å². The van der Waals surface area contributed by atoms with Gasteiger partial charge in [-0.05, 0) is 27.7 Å². The number of hydrogen-bond acceptors (Lipinski definition) is 13.